The number of rotatable bonds is 4. The number of nitrogens with two attached hydrogens (primary N) is 1. The Balaban J connectivity index is 2.30. The van der Waals surface area contributed by atoms with E-state index in [9.17, 15) is 0 Å². The molecule has 1 atom stereocenters. The minimum absolute atomic E-state index is 0.488. The van der Waals surface area contributed by atoms with Gasteiger partial charge in [0.25, 0.3) is 0 Å². The summed E-state index contributed by atoms with van der Waals surface area (Å²) in [6, 6.07) is 16.4. The molecule has 2 aromatic rings. The van der Waals surface area contributed by atoms with E-state index >= 15 is 0 Å². The Labute approximate surface area is 115 Å². The van der Waals surface area contributed by atoms with E-state index in [2.05, 4.69) is 31.2 Å². The molecule has 0 aliphatic heterocycles. The molecule has 0 heterocycles. The van der Waals surface area contributed by atoms with Crippen LogP contribution in [0.15, 0.2) is 48.5 Å². The van der Waals surface area contributed by atoms with Gasteiger partial charge in [0.1, 0.15) is 5.75 Å². The maximum absolute atomic E-state index is 6.49. The summed E-state index contributed by atoms with van der Waals surface area (Å²) in [4.78, 5) is 0. The van der Waals surface area contributed by atoms with Crippen molar-refractivity contribution in [3.05, 3.63) is 65.2 Å². The van der Waals surface area contributed by atoms with E-state index < -0.39 is 5.54 Å². The van der Waals surface area contributed by atoms with Gasteiger partial charge in [-0.3, -0.25) is 0 Å². The van der Waals surface area contributed by atoms with Crippen LogP contribution in [-0.4, -0.2) is 6.61 Å². The van der Waals surface area contributed by atoms with Gasteiger partial charge >= 0.3 is 0 Å². The maximum atomic E-state index is 6.49. The van der Waals surface area contributed by atoms with Gasteiger partial charge in [0, 0.05) is 0 Å². The van der Waals surface area contributed by atoms with Crippen LogP contribution in [0.2, 0.25) is 0 Å². The predicted molar refractivity (Wildman–Crippen MR) is 79.4 cm³/mol. The molecular weight excluding hydrogens is 234 g/mol. The van der Waals surface area contributed by atoms with E-state index in [1.165, 1.54) is 5.56 Å². The van der Waals surface area contributed by atoms with Gasteiger partial charge in [0.15, 0.2) is 0 Å². The molecule has 0 amide bonds. The smallest absolute Gasteiger partial charge is 0.119 e. The monoisotopic (exact) mass is 255 g/mol. The molecule has 2 N–H and O–H groups in total. The summed E-state index contributed by atoms with van der Waals surface area (Å²) in [6.07, 6.45) is 0. The lowest BCUT2D eigenvalue weighted by Gasteiger charge is -2.26. The van der Waals surface area contributed by atoms with Crippen molar-refractivity contribution in [1.82, 2.24) is 0 Å². The van der Waals surface area contributed by atoms with Crippen molar-refractivity contribution in [2.24, 2.45) is 5.73 Å². The number of aryl methyl sites for hydroxylation is 1. The summed E-state index contributed by atoms with van der Waals surface area (Å²) >= 11 is 0. The number of hydrogen-bond acceptors (Lipinski definition) is 2. The molecule has 0 aliphatic carbocycles. The van der Waals surface area contributed by atoms with Crippen molar-refractivity contribution < 1.29 is 4.74 Å². The van der Waals surface area contributed by atoms with Crippen LogP contribution in [0.25, 0.3) is 0 Å². The fourth-order valence-corrected chi connectivity index (χ4v) is 2.13. The molecule has 0 saturated carbocycles. The first-order chi connectivity index (χ1) is 9.04. The first-order valence-electron chi connectivity index (χ1n) is 6.63. The highest BCUT2D eigenvalue weighted by Crippen LogP contribution is 2.28. The van der Waals surface area contributed by atoms with Crippen LogP contribution >= 0.6 is 0 Å². The topological polar surface area (TPSA) is 35.2 Å². The van der Waals surface area contributed by atoms with Gasteiger partial charge in [0.2, 0.25) is 0 Å². The Hall–Kier alpha value is -1.80. The average Bonchev–Trinajstić information content (AvgIpc) is 2.40. The summed E-state index contributed by atoms with van der Waals surface area (Å²) < 4.78 is 5.45. The average molecular weight is 255 g/mol. The molecule has 2 heteroatoms. The largest absolute Gasteiger partial charge is 0.494 e. The third-order valence-corrected chi connectivity index (χ3v) is 3.42. The summed E-state index contributed by atoms with van der Waals surface area (Å²) in [7, 11) is 0. The zero-order chi connectivity index (χ0) is 13.9. The number of benzene rings is 2. The van der Waals surface area contributed by atoms with E-state index in [0.717, 1.165) is 16.9 Å². The Bertz CT molecular complexity index is 526. The first kappa shape index (κ1) is 13.6. The van der Waals surface area contributed by atoms with Crippen LogP contribution < -0.4 is 10.5 Å². The molecular formula is C17H21NO. The van der Waals surface area contributed by atoms with Crippen molar-refractivity contribution in [3.8, 4) is 5.75 Å². The van der Waals surface area contributed by atoms with Gasteiger partial charge in [-0.25, -0.2) is 0 Å². The van der Waals surface area contributed by atoms with Gasteiger partial charge in [-0.15, -0.1) is 0 Å². The predicted octanol–water partition coefficient (Wildman–Crippen LogP) is 3.62. The second-order valence-corrected chi connectivity index (χ2v) is 5.03. The molecule has 2 nitrogen and oxygen atoms in total. The molecule has 0 spiro atoms. The van der Waals surface area contributed by atoms with Crippen molar-refractivity contribution >= 4 is 0 Å². The third kappa shape index (κ3) is 2.96. The minimum atomic E-state index is -0.488. The molecule has 1 unspecified atom stereocenters. The standard InChI is InChI=1S/C17H21NO/c1-4-19-16-11-9-15(10-12-16)17(3,18)14-7-5-13(2)6-8-14/h5-12H,4,18H2,1-3H3. The normalized spacial score (nSPS) is 13.9. The van der Waals surface area contributed by atoms with Crippen LogP contribution in [-0.2, 0) is 5.54 Å². The Kier molecular flexibility index (Phi) is 3.91. The van der Waals surface area contributed by atoms with E-state index in [1.807, 2.05) is 38.1 Å². The zero-order valence-electron chi connectivity index (χ0n) is 11.8. The van der Waals surface area contributed by atoms with E-state index in [0.29, 0.717) is 6.61 Å². The van der Waals surface area contributed by atoms with Crippen LogP contribution in [0.1, 0.15) is 30.5 Å². The maximum Gasteiger partial charge on any atom is 0.119 e. The molecule has 19 heavy (non-hydrogen) atoms. The van der Waals surface area contributed by atoms with Crippen molar-refractivity contribution in [2.45, 2.75) is 26.3 Å². The van der Waals surface area contributed by atoms with Crippen molar-refractivity contribution in [3.63, 3.8) is 0 Å². The zero-order valence-corrected chi connectivity index (χ0v) is 11.8. The van der Waals surface area contributed by atoms with E-state index in [1.54, 1.807) is 0 Å². The second kappa shape index (κ2) is 5.45. The van der Waals surface area contributed by atoms with E-state index in [4.69, 9.17) is 10.5 Å². The summed E-state index contributed by atoms with van der Waals surface area (Å²) in [5.74, 6) is 0.881. The Morgan fingerprint density at radius 1 is 0.947 bits per heavy atom. The third-order valence-electron chi connectivity index (χ3n) is 3.42. The second-order valence-electron chi connectivity index (χ2n) is 5.03. The van der Waals surface area contributed by atoms with Crippen molar-refractivity contribution in [2.75, 3.05) is 6.61 Å². The van der Waals surface area contributed by atoms with Crippen LogP contribution in [0, 0.1) is 6.92 Å². The van der Waals surface area contributed by atoms with Crippen molar-refractivity contribution in [1.29, 1.82) is 0 Å². The molecule has 0 fully saturated rings. The number of ether oxygens (including phenoxy) is 1. The fraction of sp³-hybridized carbons (Fsp3) is 0.294. The van der Waals surface area contributed by atoms with Gasteiger partial charge in [-0.1, -0.05) is 42.0 Å². The molecule has 0 saturated heterocycles. The summed E-state index contributed by atoms with van der Waals surface area (Å²) in [5, 5.41) is 0. The molecule has 100 valence electrons. The van der Waals surface area contributed by atoms with Gasteiger partial charge in [-0.05, 0) is 44.0 Å². The Morgan fingerprint density at radius 3 is 1.89 bits per heavy atom. The van der Waals surface area contributed by atoms with E-state index in [-0.39, 0.29) is 0 Å². The summed E-state index contributed by atoms with van der Waals surface area (Å²) in [6.45, 7) is 6.77. The Morgan fingerprint density at radius 2 is 1.42 bits per heavy atom. The first-order valence-corrected chi connectivity index (χ1v) is 6.63. The molecule has 0 aromatic heterocycles. The molecule has 2 aromatic carbocycles. The van der Waals surface area contributed by atoms with Crippen LogP contribution in [0.4, 0.5) is 0 Å². The summed E-state index contributed by atoms with van der Waals surface area (Å²) in [5.41, 5.74) is 9.44. The molecule has 0 aliphatic rings. The lowest BCUT2D eigenvalue weighted by Crippen LogP contribution is -2.34. The highest BCUT2D eigenvalue weighted by atomic mass is 16.5. The molecule has 0 radical (unpaired) electrons. The number of hydrogen-bond donors (Lipinski definition) is 1. The lowest BCUT2D eigenvalue weighted by atomic mass is 9.85. The quantitative estimate of drug-likeness (QED) is 0.905. The highest BCUT2D eigenvalue weighted by Gasteiger charge is 2.23. The molecule has 0 bridgehead atoms. The van der Waals surface area contributed by atoms with Crippen LogP contribution in [0.5, 0.6) is 5.75 Å². The molecule has 2 rings (SSSR count). The van der Waals surface area contributed by atoms with Crippen LogP contribution in [0.3, 0.4) is 0 Å². The SMILES string of the molecule is CCOc1ccc(C(C)(N)c2ccc(C)cc2)cc1. The van der Waals surface area contributed by atoms with Gasteiger partial charge < -0.3 is 10.5 Å². The lowest BCUT2D eigenvalue weighted by molar-refractivity contribution is 0.340. The minimum Gasteiger partial charge on any atom is -0.494 e. The van der Waals surface area contributed by atoms with Gasteiger partial charge in [0.05, 0.1) is 12.1 Å². The fourth-order valence-electron chi connectivity index (χ4n) is 2.13. The highest BCUT2D eigenvalue weighted by molar-refractivity contribution is 5.40. The van der Waals surface area contributed by atoms with Gasteiger partial charge in [-0.2, -0.15) is 0 Å².